The summed E-state index contributed by atoms with van der Waals surface area (Å²) in [5.41, 5.74) is 0.539. The molecule has 0 saturated carbocycles. The average Bonchev–Trinajstić information content (AvgIpc) is 2.99. The van der Waals surface area contributed by atoms with Gasteiger partial charge in [0.1, 0.15) is 17.3 Å². The standard InChI is InChI=1S/C17H19NO6/c1-10-4-7-14(24-10)17(21)18-13(9-16(19)20)12-6-5-11(22-2)8-15(12)23-3/h4-8,13H,9H2,1-3H3,(H,18,21)(H,19,20). The Labute approximate surface area is 139 Å². The van der Waals surface area contributed by atoms with Crippen LogP contribution in [0.2, 0.25) is 0 Å². The maximum Gasteiger partial charge on any atom is 0.305 e. The van der Waals surface area contributed by atoms with Crippen molar-refractivity contribution in [2.45, 2.75) is 19.4 Å². The monoisotopic (exact) mass is 333 g/mol. The summed E-state index contributed by atoms with van der Waals surface area (Å²) in [5.74, 6) is 0.169. The number of benzene rings is 1. The Morgan fingerprint density at radius 1 is 1.21 bits per heavy atom. The van der Waals surface area contributed by atoms with Crippen LogP contribution < -0.4 is 14.8 Å². The van der Waals surface area contributed by atoms with Gasteiger partial charge in [0.15, 0.2) is 5.76 Å². The topological polar surface area (TPSA) is 98.0 Å². The van der Waals surface area contributed by atoms with Crippen molar-refractivity contribution in [3.63, 3.8) is 0 Å². The fourth-order valence-electron chi connectivity index (χ4n) is 2.31. The number of nitrogens with one attached hydrogen (secondary N) is 1. The number of methoxy groups -OCH3 is 2. The van der Waals surface area contributed by atoms with E-state index in [9.17, 15) is 9.59 Å². The van der Waals surface area contributed by atoms with E-state index in [0.717, 1.165) is 0 Å². The SMILES string of the molecule is COc1ccc(C(CC(=O)O)NC(=O)c2ccc(C)o2)c(OC)c1. The quantitative estimate of drug-likeness (QED) is 0.808. The summed E-state index contributed by atoms with van der Waals surface area (Å²) in [6.07, 6.45) is -0.298. The van der Waals surface area contributed by atoms with Crippen LogP contribution in [0.15, 0.2) is 34.7 Å². The molecule has 2 N–H and O–H groups in total. The number of carboxylic acids is 1. The van der Waals surface area contributed by atoms with E-state index in [4.69, 9.17) is 19.0 Å². The lowest BCUT2D eigenvalue weighted by atomic mass is 10.0. The van der Waals surface area contributed by atoms with Crippen LogP contribution in [0.5, 0.6) is 11.5 Å². The molecule has 0 fully saturated rings. The Kier molecular flexibility index (Phi) is 5.47. The van der Waals surface area contributed by atoms with Crippen molar-refractivity contribution in [1.82, 2.24) is 5.32 Å². The zero-order valence-corrected chi connectivity index (χ0v) is 13.7. The largest absolute Gasteiger partial charge is 0.497 e. The van der Waals surface area contributed by atoms with Crippen LogP contribution in [-0.4, -0.2) is 31.2 Å². The second kappa shape index (κ2) is 7.54. The summed E-state index contributed by atoms with van der Waals surface area (Å²) >= 11 is 0. The molecule has 2 rings (SSSR count). The van der Waals surface area contributed by atoms with Crippen molar-refractivity contribution in [3.8, 4) is 11.5 Å². The normalized spacial score (nSPS) is 11.6. The molecule has 1 aromatic carbocycles. The third-order valence-electron chi connectivity index (χ3n) is 3.46. The first-order chi connectivity index (χ1) is 11.4. The lowest BCUT2D eigenvalue weighted by Crippen LogP contribution is -2.30. The molecule has 0 aliphatic carbocycles. The molecule has 7 heteroatoms. The van der Waals surface area contributed by atoms with Crippen molar-refractivity contribution in [2.24, 2.45) is 0 Å². The maximum atomic E-state index is 12.3. The van der Waals surface area contributed by atoms with Crippen LogP contribution in [-0.2, 0) is 4.79 Å². The van der Waals surface area contributed by atoms with Crippen molar-refractivity contribution in [1.29, 1.82) is 0 Å². The number of hydrogen-bond donors (Lipinski definition) is 2. The second-order valence-electron chi connectivity index (χ2n) is 5.14. The van der Waals surface area contributed by atoms with Gasteiger partial charge in [-0.25, -0.2) is 0 Å². The highest BCUT2D eigenvalue weighted by molar-refractivity contribution is 5.92. The van der Waals surface area contributed by atoms with Crippen molar-refractivity contribution >= 4 is 11.9 Å². The van der Waals surface area contributed by atoms with Crippen LogP contribution in [0, 0.1) is 6.92 Å². The van der Waals surface area contributed by atoms with Crippen molar-refractivity contribution in [3.05, 3.63) is 47.4 Å². The Morgan fingerprint density at radius 3 is 2.50 bits per heavy atom. The van der Waals surface area contributed by atoms with Crippen LogP contribution in [0.3, 0.4) is 0 Å². The molecule has 0 radical (unpaired) electrons. The van der Waals surface area contributed by atoms with Gasteiger partial charge in [0.25, 0.3) is 5.91 Å². The maximum absolute atomic E-state index is 12.3. The van der Waals surface area contributed by atoms with E-state index in [2.05, 4.69) is 5.32 Å². The van der Waals surface area contributed by atoms with Crippen molar-refractivity contribution < 1.29 is 28.6 Å². The van der Waals surface area contributed by atoms with Crippen LogP contribution >= 0.6 is 0 Å². The molecule has 0 saturated heterocycles. The molecule has 2 aromatic rings. The molecule has 0 aliphatic rings. The van der Waals surface area contributed by atoms with Gasteiger partial charge in [-0.05, 0) is 31.2 Å². The average molecular weight is 333 g/mol. The zero-order valence-electron chi connectivity index (χ0n) is 13.7. The number of rotatable bonds is 7. The molecule has 7 nitrogen and oxygen atoms in total. The number of aryl methyl sites for hydroxylation is 1. The van der Waals surface area contributed by atoms with Gasteiger partial charge in [0.2, 0.25) is 0 Å². The molecular formula is C17H19NO6. The molecule has 0 aliphatic heterocycles. The van der Waals surface area contributed by atoms with Crippen LogP contribution in [0.1, 0.15) is 34.3 Å². The Balaban J connectivity index is 2.31. The first-order valence-electron chi connectivity index (χ1n) is 7.25. The third-order valence-corrected chi connectivity index (χ3v) is 3.46. The van der Waals surface area contributed by atoms with E-state index < -0.39 is 17.9 Å². The van der Waals surface area contributed by atoms with E-state index >= 15 is 0 Å². The number of aliphatic carboxylic acids is 1. The number of carboxylic acid groups (broad SMARTS) is 1. The smallest absolute Gasteiger partial charge is 0.305 e. The van der Waals surface area contributed by atoms with Gasteiger partial charge in [-0.2, -0.15) is 0 Å². The summed E-state index contributed by atoms with van der Waals surface area (Å²) in [6.45, 7) is 1.72. The predicted octanol–water partition coefficient (Wildman–Crippen LogP) is 2.55. The molecule has 128 valence electrons. The number of amides is 1. The first-order valence-corrected chi connectivity index (χ1v) is 7.25. The lowest BCUT2D eigenvalue weighted by molar-refractivity contribution is -0.137. The van der Waals surface area contributed by atoms with E-state index in [1.807, 2.05) is 0 Å². The van der Waals surface area contributed by atoms with Gasteiger partial charge in [0.05, 0.1) is 26.7 Å². The van der Waals surface area contributed by atoms with Crippen LogP contribution in [0.25, 0.3) is 0 Å². The highest BCUT2D eigenvalue weighted by atomic mass is 16.5. The minimum atomic E-state index is -1.05. The van der Waals surface area contributed by atoms with E-state index in [-0.39, 0.29) is 12.2 Å². The zero-order chi connectivity index (χ0) is 17.7. The number of hydrogen-bond acceptors (Lipinski definition) is 5. The second-order valence-corrected chi connectivity index (χ2v) is 5.14. The Morgan fingerprint density at radius 2 is 1.96 bits per heavy atom. The Bertz CT molecular complexity index is 736. The highest BCUT2D eigenvalue weighted by Gasteiger charge is 2.23. The molecule has 1 aromatic heterocycles. The summed E-state index contributed by atoms with van der Waals surface area (Å²) in [4.78, 5) is 23.5. The highest BCUT2D eigenvalue weighted by Crippen LogP contribution is 2.31. The van der Waals surface area contributed by atoms with Gasteiger partial charge >= 0.3 is 5.97 Å². The first kappa shape index (κ1) is 17.4. The minimum Gasteiger partial charge on any atom is -0.497 e. The van der Waals surface area contributed by atoms with Crippen LogP contribution in [0.4, 0.5) is 0 Å². The summed E-state index contributed by atoms with van der Waals surface area (Å²) in [6, 6.07) is 7.40. The van der Waals surface area contributed by atoms with Crippen molar-refractivity contribution in [2.75, 3.05) is 14.2 Å². The molecule has 1 heterocycles. The van der Waals surface area contributed by atoms with Gasteiger partial charge in [-0.1, -0.05) is 0 Å². The fraction of sp³-hybridized carbons (Fsp3) is 0.294. The fourth-order valence-corrected chi connectivity index (χ4v) is 2.31. The minimum absolute atomic E-state index is 0.121. The summed E-state index contributed by atoms with van der Waals surface area (Å²) in [5, 5.41) is 11.8. The molecule has 24 heavy (non-hydrogen) atoms. The predicted molar refractivity (Wildman–Crippen MR) is 85.5 cm³/mol. The molecule has 1 unspecified atom stereocenters. The van der Waals surface area contributed by atoms with E-state index in [1.165, 1.54) is 20.3 Å². The van der Waals surface area contributed by atoms with Gasteiger partial charge in [-0.15, -0.1) is 0 Å². The lowest BCUT2D eigenvalue weighted by Gasteiger charge is -2.20. The third kappa shape index (κ3) is 4.07. The van der Waals surface area contributed by atoms with Gasteiger partial charge in [-0.3, -0.25) is 9.59 Å². The number of furan rings is 1. The van der Waals surface area contributed by atoms with Gasteiger partial charge < -0.3 is 24.3 Å². The number of carbonyl (C=O) groups is 2. The summed E-state index contributed by atoms with van der Waals surface area (Å²) < 4.78 is 15.7. The molecular weight excluding hydrogens is 314 g/mol. The van der Waals surface area contributed by atoms with Gasteiger partial charge in [0, 0.05) is 11.6 Å². The Hall–Kier alpha value is -2.96. The van der Waals surface area contributed by atoms with E-state index in [1.54, 1.807) is 31.2 Å². The summed E-state index contributed by atoms with van der Waals surface area (Å²) in [7, 11) is 2.98. The molecule has 0 spiro atoms. The molecule has 1 atom stereocenters. The van der Waals surface area contributed by atoms with E-state index in [0.29, 0.717) is 22.8 Å². The molecule has 1 amide bonds. The number of carbonyl (C=O) groups excluding carboxylic acids is 1. The molecule has 0 bridgehead atoms. The number of ether oxygens (including phenoxy) is 2.